The molecule has 0 radical (unpaired) electrons. The largest absolute Gasteiger partial charge is 0.317 e. The van der Waals surface area contributed by atoms with Crippen molar-refractivity contribution in [1.29, 1.82) is 0 Å². The van der Waals surface area contributed by atoms with E-state index in [4.69, 9.17) is 0 Å². The van der Waals surface area contributed by atoms with Crippen LogP contribution in [0, 0.1) is 0 Å². The maximum Gasteiger partial charge on any atom is 0.240 e. The van der Waals surface area contributed by atoms with Crippen LogP contribution >= 0.6 is 0 Å². The first-order valence-corrected chi connectivity index (χ1v) is 8.92. The van der Waals surface area contributed by atoms with Gasteiger partial charge in [-0.05, 0) is 56.5 Å². The van der Waals surface area contributed by atoms with E-state index in [0.29, 0.717) is 4.90 Å². The molecule has 0 aromatic heterocycles. The molecular formula is C15H24N2O2S. The molecule has 1 aromatic carbocycles. The van der Waals surface area contributed by atoms with Crippen LogP contribution in [0.1, 0.15) is 38.2 Å². The fraction of sp³-hybridized carbons (Fsp3) is 0.600. The van der Waals surface area contributed by atoms with Crippen molar-refractivity contribution in [2.75, 3.05) is 13.1 Å². The molecule has 2 N–H and O–H groups in total. The average molecular weight is 296 g/mol. The predicted molar refractivity (Wildman–Crippen MR) is 81.3 cm³/mol. The van der Waals surface area contributed by atoms with Crippen LogP contribution < -0.4 is 10.0 Å². The van der Waals surface area contributed by atoms with Gasteiger partial charge in [0.05, 0.1) is 4.90 Å². The zero-order valence-corrected chi connectivity index (χ0v) is 12.9. The van der Waals surface area contributed by atoms with Crippen LogP contribution in [0.15, 0.2) is 29.2 Å². The zero-order valence-electron chi connectivity index (χ0n) is 12.1. The van der Waals surface area contributed by atoms with Gasteiger partial charge >= 0.3 is 0 Å². The molecule has 1 aliphatic rings. The summed E-state index contributed by atoms with van der Waals surface area (Å²) < 4.78 is 27.5. The molecule has 20 heavy (non-hydrogen) atoms. The molecule has 0 bridgehead atoms. The lowest BCUT2D eigenvalue weighted by Gasteiger charge is -2.16. The number of sulfonamides is 1. The fourth-order valence-corrected chi connectivity index (χ4v) is 3.85. The number of hydrogen-bond donors (Lipinski definition) is 2. The summed E-state index contributed by atoms with van der Waals surface area (Å²) in [7, 11) is -3.39. The Morgan fingerprint density at radius 1 is 1.20 bits per heavy atom. The van der Waals surface area contributed by atoms with Gasteiger partial charge in [-0.2, -0.15) is 0 Å². The second-order valence-corrected chi connectivity index (χ2v) is 7.11. The van der Waals surface area contributed by atoms with Crippen molar-refractivity contribution in [1.82, 2.24) is 10.0 Å². The van der Waals surface area contributed by atoms with Crippen LogP contribution in [0.3, 0.4) is 0 Å². The average Bonchev–Trinajstić information content (AvgIpc) is 2.68. The van der Waals surface area contributed by atoms with Gasteiger partial charge in [0.25, 0.3) is 0 Å². The highest BCUT2D eigenvalue weighted by molar-refractivity contribution is 7.89. The molecule has 5 heteroatoms. The summed E-state index contributed by atoms with van der Waals surface area (Å²) >= 11 is 0. The van der Waals surface area contributed by atoms with E-state index in [1.54, 1.807) is 12.1 Å². The van der Waals surface area contributed by atoms with Crippen LogP contribution in [0.25, 0.3) is 0 Å². The summed E-state index contributed by atoms with van der Waals surface area (Å²) in [4.78, 5) is 0.370. The Morgan fingerprint density at radius 2 is 1.95 bits per heavy atom. The van der Waals surface area contributed by atoms with E-state index >= 15 is 0 Å². The third-order valence-corrected chi connectivity index (χ3v) is 5.21. The van der Waals surface area contributed by atoms with Crippen molar-refractivity contribution in [2.45, 2.75) is 50.0 Å². The first-order valence-electron chi connectivity index (χ1n) is 7.44. The molecule has 1 aliphatic heterocycles. The SMILES string of the molecule is CCCc1ccc(S(=O)(=O)NC2CCCNCC2)cc1. The number of hydrogen-bond acceptors (Lipinski definition) is 3. The Kier molecular flexibility index (Phi) is 5.57. The summed E-state index contributed by atoms with van der Waals surface area (Å²) in [5, 5.41) is 3.29. The van der Waals surface area contributed by atoms with Crippen molar-refractivity contribution >= 4 is 10.0 Å². The van der Waals surface area contributed by atoms with Gasteiger partial charge in [0.1, 0.15) is 0 Å². The van der Waals surface area contributed by atoms with Crippen molar-refractivity contribution in [2.24, 2.45) is 0 Å². The van der Waals surface area contributed by atoms with Crippen molar-refractivity contribution in [3.8, 4) is 0 Å². The van der Waals surface area contributed by atoms with Gasteiger partial charge in [-0.1, -0.05) is 25.5 Å². The lowest BCUT2D eigenvalue weighted by molar-refractivity contribution is 0.518. The minimum Gasteiger partial charge on any atom is -0.317 e. The van der Waals surface area contributed by atoms with Gasteiger partial charge in [0.15, 0.2) is 0 Å². The van der Waals surface area contributed by atoms with Crippen molar-refractivity contribution < 1.29 is 8.42 Å². The standard InChI is InChI=1S/C15H24N2O2S/c1-2-4-13-6-8-15(9-7-13)20(18,19)17-14-5-3-11-16-12-10-14/h6-9,14,16-17H,2-5,10-12H2,1H3. The second kappa shape index (κ2) is 7.20. The van der Waals surface area contributed by atoms with Crippen LogP contribution in [-0.2, 0) is 16.4 Å². The summed E-state index contributed by atoms with van der Waals surface area (Å²) in [6, 6.07) is 7.29. The lowest BCUT2D eigenvalue weighted by Crippen LogP contribution is -2.35. The fourth-order valence-electron chi connectivity index (χ4n) is 2.55. The third kappa shape index (κ3) is 4.30. The van der Waals surface area contributed by atoms with Gasteiger partial charge in [-0.15, -0.1) is 0 Å². The lowest BCUT2D eigenvalue weighted by atomic mass is 10.1. The maximum absolute atomic E-state index is 12.4. The van der Waals surface area contributed by atoms with Crippen LogP contribution in [0.4, 0.5) is 0 Å². The normalized spacial score (nSPS) is 20.6. The maximum atomic E-state index is 12.4. The Morgan fingerprint density at radius 3 is 2.65 bits per heavy atom. The summed E-state index contributed by atoms with van der Waals surface area (Å²) in [6.07, 6.45) is 4.83. The molecule has 0 spiro atoms. The van der Waals surface area contributed by atoms with Crippen molar-refractivity contribution in [3.05, 3.63) is 29.8 Å². The third-order valence-electron chi connectivity index (χ3n) is 3.67. The van der Waals surface area contributed by atoms with Gasteiger partial charge in [0.2, 0.25) is 10.0 Å². The van der Waals surface area contributed by atoms with Crippen LogP contribution in [0.5, 0.6) is 0 Å². The Hall–Kier alpha value is -0.910. The van der Waals surface area contributed by atoms with E-state index in [2.05, 4.69) is 17.0 Å². The van der Waals surface area contributed by atoms with E-state index in [-0.39, 0.29) is 6.04 Å². The number of benzene rings is 1. The summed E-state index contributed by atoms with van der Waals surface area (Å²) in [6.45, 7) is 3.97. The Bertz CT molecular complexity index is 503. The van der Waals surface area contributed by atoms with Gasteiger partial charge < -0.3 is 5.32 Å². The van der Waals surface area contributed by atoms with E-state index in [1.165, 1.54) is 5.56 Å². The predicted octanol–water partition coefficient (Wildman–Crippen LogP) is 2.06. The minimum atomic E-state index is -3.39. The van der Waals surface area contributed by atoms with Crippen LogP contribution in [0.2, 0.25) is 0 Å². The molecule has 1 fully saturated rings. The number of nitrogens with one attached hydrogen (secondary N) is 2. The molecule has 1 atom stereocenters. The summed E-state index contributed by atoms with van der Waals surface area (Å²) in [5.41, 5.74) is 1.19. The second-order valence-electron chi connectivity index (χ2n) is 5.39. The van der Waals surface area contributed by atoms with Gasteiger partial charge in [0, 0.05) is 6.04 Å². The topological polar surface area (TPSA) is 58.2 Å². The van der Waals surface area contributed by atoms with Gasteiger partial charge in [-0.3, -0.25) is 0 Å². The van der Waals surface area contributed by atoms with E-state index in [9.17, 15) is 8.42 Å². The molecule has 1 unspecified atom stereocenters. The molecule has 112 valence electrons. The molecule has 1 saturated heterocycles. The number of rotatable bonds is 5. The molecule has 1 aromatic rings. The minimum absolute atomic E-state index is 0.0466. The monoisotopic (exact) mass is 296 g/mol. The molecule has 0 saturated carbocycles. The molecule has 4 nitrogen and oxygen atoms in total. The quantitative estimate of drug-likeness (QED) is 0.874. The van der Waals surface area contributed by atoms with E-state index in [1.807, 2.05) is 12.1 Å². The highest BCUT2D eigenvalue weighted by atomic mass is 32.2. The van der Waals surface area contributed by atoms with E-state index in [0.717, 1.165) is 45.2 Å². The smallest absolute Gasteiger partial charge is 0.240 e. The van der Waals surface area contributed by atoms with Crippen molar-refractivity contribution in [3.63, 3.8) is 0 Å². The highest BCUT2D eigenvalue weighted by Gasteiger charge is 2.20. The molecule has 0 aliphatic carbocycles. The molecule has 0 amide bonds. The number of aryl methyl sites for hydroxylation is 1. The highest BCUT2D eigenvalue weighted by Crippen LogP contribution is 2.14. The molecule has 2 rings (SSSR count). The first kappa shape index (κ1) is 15.5. The Labute approximate surface area is 122 Å². The Balaban J connectivity index is 2.05. The van der Waals surface area contributed by atoms with Gasteiger partial charge in [-0.25, -0.2) is 13.1 Å². The first-order chi connectivity index (χ1) is 9.62. The molecular weight excluding hydrogens is 272 g/mol. The molecule has 1 heterocycles. The summed E-state index contributed by atoms with van der Waals surface area (Å²) in [5.74, 6) is 0. The zero-order chi connectivity index (χ0) is 14.4. The van der Waals surface area contributed by atoms with Crippen LogP contribution in [-0.4, -0.2) is 27.5 Å². The van der Waals surface area contributed by atoms with E-state index < -0.39 is 10.0 Å².